The minimum atomic E-state index is -0.614. The number of hydrogen-bond acceptors (Lipinski definition) is 5. The van der Waals surface area contributed by atoms with Crippen LogP contribution >= 0.6 is 0 Å². The van der Waals surface area contributed by atoms with Crippen molar-refractivity contribution in [2.24, 2.45) is 0 Å². The minimum Gasteiger partial charge on any atom is -0.444 e. The first-order chi connectivity index (χ1) is 16.5. The van der Waals surface area contributed by atoms with E-state index in [1.54, 1.807) is 9.80 Å². The van der Waals surface area contributed by atoms with Crippen molar-refractivity contribution < 1.29 is 14.3 Å². The van der Waals surface area contributed by atoms with E-state index >= 15 is 0 Å². The number of benzene rings is 1. The Morgan fingerprint density at radius 3 is 2.43 bits per heavy atom. The molecule has 8 nitrogen and oxygen atoms in total. The standard InChI is InChI=1S/C27H37N5O3/c1-8-23(33)30-16-15-29(7)25-24-21(32(28-25)20-11-9-19(10-12-20)18(2)3)13-14-31(22(24)17-30)26(34)35-27(4,5)6/h8-12,18,22H,1,13-17H2,2-7H3/t22-/m0/s1. The number of carbonyl (C=O) groups excluding carboxylic acids is 2. The van der Waals surface area contributed by atoms with Crippen molar-refractivity contribution in [1.82, 2.24) is 19.6 Å². The van der Waals surface area contributed by atoms with Crippen LogP contribution < -0.4 is 4.90 Å². The normalized spacial score (nSPS) is 18.1. The lowest BCUT2D eigenvalue weighted by Gasteiger charge is -2.41. The molecule has 0 spiro atoms. The van der Waals surface area contributed by atoms with Gasteiger partial charge in [0.05, 0.1) is 17.4 Å². The second-order valence-corrected chi connectivity index (χ2v) is 10.7. The van der Waals surface area contributed by atoms with Gasteiger partial charge < -0.3 is 14.5 Å². The van der Waals surface area contributed by atoms with Crippen LogP contribution in [0.15, 0.2) is 36.9 Å². The molecule has 2 aromatic rings. The van der Waals surface area contributed by atoms with Crippen LogP contribution in [0.25, 0.3) is 5.69 Å². The second kappa shape index (κ2) is 9.40. The van der Waals surface area contributed by atoms with Crippen LogP contribution in [0, 0.1) is 0 Å². The first-order valence-corrected chi connectivity index (χ1v) is 12.3. The van der Waals surface area contributed by atoms with Crippen molar-refractivity contribution in [2.45, 2.75) is 58.6 Å². The third-order valence-electron chi connectivity index (χ3n) is 6.68. The smallest absolute Gasteiger partial charge is 0.410 e. The van der Waals surface area contributed by atoms with Crippen LogP contribution in [-0.4, -0.2) is 70.4 Å². The van der Waals surface area contributed by atoms with E-state index in [-0.39, 0.29) is 18.0 Å². The van der Waals surface area contributed by atoms with Gasteiger partial charge in [0.1, 0.15) is 5.60 Å². The molecule has 35 heavy (non-hydrogen) atoms. The summed E-state index contributed by atoms with van der Waals surface area (Å²) >= 11 is 0. The summed E-state index contributed by atoms with van der Waals surface area (Å²) in [7, 11) is 1.99. The van der Waals surface area contributed by atoms with E-state index in [2.05, 4.69) is 49.6 Å². The van der Waals surface area contributed by atoms with Crippen molar-refractivity contribution >= 4 is 17.8 Å². The van der Waals surface area contributed by atoms with Gasteiger partial charge in [0.25, 0.3) is 0 Å². The highest BCUT2D eigenvalue weighted by Gasteiger charge is 2.41. The summed E-state index contributed by atoms with van der Waals surface area (Å²) in [6.45, 7) is 15.6. The first-order valence-electron chi connectivity index (χ1n) is 12.3. The number of nitrogens with zero attached hydrogens (tertiary/aromatic N) is 5. The molecule has 1 aromatic carbocycles. The van der Waals surface area contributed by atoms with E-state index in [1.807, 2.05) is 32.5 Å². The van der Waals surface area contributed by atoms with Gasteiger partial charge in [-0.1, -0.05) is 32.6 Å². The van der Waals surface area contributed by atoms with E-state index in [0.29, 0.717) is 38.5 Å². The van der Waals surface area contributed by atoms with Gasteiger partial charge in [-0.15, -0.1) is 5.10 Å². The van der Waals surface area contributed by atoms with E-state index in [9.17, 15) is 9.59 Å². The summed E-state index contributed by atoms with van der Waals surface area (Å²) in [6, 6.07) is 8.14. The largest absolute Gasteiger partial charge is 0.444 e. The molecule has 3 heterocycles. The Bertz CT molecular complexity index is 1110. The number of aromatic nitrogens is 2. The van der Waals surface area contributed by atoms with Gasteiger partial charge in [-0.05, 0) is 50.5 Å². The van der Waals surface area contributed by atoms with Gasteiger partial charge in [0.2, 0.25) is 5.91 Å². The number of carbonyl (C=O) groups is 2. The van der Waals surface area contributed by atoms with Crippen LogP contribution in [0.4, 0.5) is 10.6 Å². The summed E-state index contributed by atoms with van der Waals surface area (Å²) in [5, 5.41) is 5.04. The molecule has 1 atom stereocenters. The Kier molecular flexibility index (Phi) is 6.66. The molecule has 2 aliphatic heterocycles. The van der Waals surface area contributed by atoms with Gasteiger partial charge >= 0.3 is 6.09 Å². The third kappa shape index (κ3) is 4.92. The van der Waals surface area contributed by atoms with Crippen LogP contribution in [0.5, 0.6) is 0 Å². The number of rotatable bonds is 3. The predicted molar refractivity (Wildman–Crippen MR) is 137 cm³/mol. The van der Waals surface area contributed by atoms with Crippen LogP contribution in [-0.2, 0) is 16.0 Å². The summed E-state index contributed by atoms with van der Waals surface area (Å²) in [6.07, 6.45) is 1.61. The fraction of sp³-hybridized carbons (Fsp3) is 0.519. The summed E-state index contributed by atoms with van der Waals surface area (Å²) in [4.78, 5) is 31.5. The maximum absolute atomic E-state index is 13.3. The Morgan fingerprint density at radius 1 is 1.14 bits per heavy atom. The quantitative estimate of drug-likeness (QED) is 0.614. The highest BCUT2D eigenvalue weighted by molar-refractivity contribution is 5.87. The van der Waals surface area contributed by atoms with E-state index in [4.69, 9.17) is 9.84 Å². The molecule has 0 radical (unpaired) electrons. The predicted octanol–water partition coefficient (Wildman–Crippen LogP) is 4.29. The molecule has 0 N–H and O–H groups in total. The van der Waals surface area contributed by atoms with Gasteiger partial charge in [0.15, 0.2) is 5.82 Å². The van der Waals surface area contributed by atoms with Crippen molar-refractivity contribution in [3.63, 3.8) is 0 Å². The zero-order chi connectivity index (χ0) is 25.5. The lowest BCUT2D eigenvalue weighted by molar-refractivity contribution is -0.127. The number of amides is 2. The molecule has 0 aliphatic carbocycles. The minimum absolute atomic E-state index is 0.144. The summed E-state index contributed by atoms with van der Waals surface area (Å²) in [5.41, 5.74) is 3.71. The molecule has 0 bridgehead atoms. The fourth-order valence-electron chi connectivity index (χ4n) is 4.80. The molecule has 188 valence electrons. The Balaban J connectivity index is 1.82. The molecular formula is C27H37N5O3. The molecule has 2 amide bonds. The van der Waals surface area contributed by atoms with Crippen molar-refractivity contribution in [3.8, 4) is 5.69 Å². The first kappa shape index (κ1) is 24.8. The summed E-state index contributed by atoms with van der Waals surface area (Å²) < 4.78 is 7.77. The van der Waals surface area contributed by atoms with E-state index in [0.717, 1.165) is 22.8 Å². The van der Waals surface area contributed by atoms with Crippen molar-refractivity contribution in [3.05, 3.63) is 53.7 Å². The molecule has 2 aliphatic rings. The Labute approximate surface area is 208 Å². The fourth-order valence-corrected chi connectivity index (χ4v) is 4.80. The zero-order valence-electron chi connectivity index (χ0n) is 21.7. The highest BCUT2D eigenvalue weighted by Crippen LogP contribution is 2.40. The van der Waals surface area contributed by atoms with Crippen LogP contribution in [0.1, 0.15) is 63.4 Å². The van der Waals surface area contributed by atoms with E-state index in [1.165, 1.54) is 11.6 Å². The van der Waals surface area contributed by atoms with Gasteiger partial charge in [-0.2, -0.15) is 0 Å². The lowest BCUT2D eigenvalue weighted by atomic mass is 9.96. The topological polar surface area (TPSA) is 70.9 Å². The maximum atomic E-state index is 13.3. The average molecular weight is 480 g/mol. The van der Waals surface area contributed by atoms with E-state index < -0.39 is 5.60 Å². The number of hydrogen-bond donors (Lipinski definition) is 0. The highest BCUT2D eigenvalue weighted by atomic mass is 16.6. The second-order valence-electron chi connectivity index (χ2n) is 10.7. The molecule has 1 aromatic heterocycles. The SMILES string of the molecule is C=CC(=O)N1CCN(C)c2nn(-c3ccc(C(C)C)cc3)c3c2[C@H](C1)N(C(=O)OC(C)(C)C)CC3. The zero-order valence-corrected chi connectivity index (χ0v) is 21.7. The van der Waals surface area contributed by atoms with Crippen molar-refractivity contribution in [2.75, 3.05) is 38.1 Å². The molecule has 4 rings (SSSR count). The van der Waals surface area contributed by atoms with Crippen molar-refractivity contribution in [1.29, 1.82) is 0 Å². The van der Waals surface area contributed by atoms with Gasteiger partial charge in [0, 0.05) is 45.2 Å². The molecule has 8 heteroatoms. The summed E-state index contributed by atoms with van der Waals surface area (Å²) in [5.74, 6) is 1.15. The molecule has 0 saturated heterocycles. The molecule has 0 fully saturated rings. The van der Waals surface area contributed by atoms with Crippen LogP contribution in [0.2, 0.25) is 0 Å². The number of anilines is 1. The number of ether oxygens (including phenoxy) is 1. The number of likely N-dealkylation sites (N-methyl/N-ethyl adjacent to an activating group) is 1. The Morgan fingerprint density at radius 2 is 1.83 bits per heavy atom. The lowest BCUT2D eigenvalue weighted by Crippen LogP contribution is -2.50. The molecule has 0 unspecified atom stereocenters. The van der Waals surface area contributed by atoms with Gasteiger partial charge in [-0.3, -0.25) is 9.69 Å². The van der Waals surface area contributed by atoms with Crippen LogP contribution in [0.3, 0.4) is 0 Å². The maximum Gasteiger partial charge on any atom is 0.410 e. The third-order valence-corrected chi connectivity index (χ3v) is 6.68. The van der Waals surface area contributed by atoms with Gasteiger partial charge in [-0.25, -0.2) is 9.48 Å². The molecule has 0 saturated carbocycles. The molecular weight excluding hydrogens is 442 g/mol. The monoisotopic (exact) mass is 479 g/mol. The Hall–Kier alpha value is -3.29. The average Bonchev–Trinajstić information content (AvgIpc) is 3.19.